The summed E-state index contributed by atoms with van der Waals surface area (Å²) in [6, 6.07) is 11.9. The average molecular weight is 498 g/mol. The monoisotopic (exact) mass is 497 g/mol. The molecule has 0 fully saturated rings. The Morgan fingerprint density at radius 3 is 2.31 bits per heavy atom. The molecule has 3 aromatic rings. The third-order valence-electron chi connectivity index (χ3n) is 4.99. The number of H-pyrrole nitrogens is 1. The van der Waals surface area contributed by atoms with Gasteiger partial charge in [-0.2, -0.15) is 0 Å². The summed E-state index contributed by atoms with van der Waals surface area (Å²) in [5, 5.41) is 13.5. The van der Waals surface area contributed by atoms with Gasteiger partial charge in [-0.1, -0.05) is 43.8 Å². The van der Waals surface area contributed by atoms with E-state index in [1.807, 2.05) is 6.92 Å². The maximum absolute atomic E-state index is 12.9. The number of rotatable bonds is 10. The van der Waals surface area contributed by atoms with Gasteiger partial charge in [-0.15, -0.1) is 10.2 Å². The lowest BCUT2D eigenvalue weighted by molar-refractivity contribution is -0.116. The largest absolute Gasteiger partial charge is 0.497 e. The van der Waals surface area contributed by atoms with E-state index in [2.05, 4.69) is 25.8 Å². The molecule has 35 heavy (non-hydrogen) atoms. The van der Waals surface area contributed by atoms with E-state index in [0.717, 1.165) is 11.8 Å². The molecule has 0 saturated heterocycles. The van der Waals surface area contributed by atoms with Gasteiger partial charge in [-0.05, 0) is 12.5 Å². The first kappa shape index (κ1) is 25.8. The molecule has 0 unspecified atom stereocenters. The molecule has 3 N–H and O–H groups in total. The number of para-hydroxylation sites is 1. The van der Waals surface area contributed by atoms with Crippen LogP contribution in [0.15, 0.2) is 52.4 Å². The van der Waals surface area contributed by atoms with Crippen molar-refractivity contribution in [2.75, 3.05) is 24.9 Å². The molecule has 0 aliphatic heterocycles. The average Bonchev–Trinajstić information content (AvgIpc) is 2.87. The number of amides is 2. The number of aromatic amines is 1. The molecule has 2 amide bonds. The van der Waals surface area contributed by atoms with Crippen molar-refractivity contribution in [2.45, 2.75) is 37.1 Å². The molecule has 2 aromatic carbocycles. The number of carbonyl (C=O) groups is 2. The zero-order valence-electron chi connectivity index (χ0n) is 19.9. The maximum atomic E-state index is 12.9. The van der Waals surface area contributed by atoms with E-state index in [1.54, 1.807) is 49.4 Å². The van der Waals surface area contributed by atoms with Crippen LogP contribution in [0.4, 0.5) is 11.4 Å². The van der Waals surface area contributed by atoms with Crippen molar-refractivity contribution in [3.8, 4) is 22.8 Å². The van der Waals surface area contributed by atoms with Gasteiger partial charge >= 0.3 is 0 Å². The third-order valence-corrected chi connectivity index (χ3v) is 6.23. The lowest BCUT2D eigenvalue weighted by Crippen LogP contribution is -2.25. The van der Waals surface area contributed by atoms with E-state index in [9.17, 15) is 14.4 Å². The Morgan fingerprint density at radius 2 is 1.71 bits per heavy atom. The van der Waals surface area contributed by atoms with Crippen LogP contribution in [0.3, 0.4) is 0 Å². The van der Waals surface area contributed by atoms with Gasteiger partial charge in [0.15, 0.2) is 10.9 Å². The Bertz CT molecular complexity index is 1240. The van der Waals surface area contributed by atoms with Gasteiger partial charge in [-0.3, -0.25) is 19.4 Å². The summed E-state index contributed by atoms with van der Waals surface area (Å²) in [5.74, 6) is 0.634. The highest BCUT2D eigenvalue weighted by Gasteiger charge is 2.21. The van der Waals surface area contributed by atoms with E-state index in [4.69, 9.17) is 9.47 Å². The van der Waals surface area contributed by atoms with E-state index in [-0.39, 0.29) is 22.7 Å². The topological polar surface area (TPSA) is 135 Å². The molecule has 0 aliphatic carbocycles. The number of hydrogen-bond acceptors (Lipinski definition) is 8. The summed E-state index contributed by atoms with van der Waals surface area (Å²) >= 11 is 1.10. The number of benzene rings is 2. The second-order valence-electron chi connectivity index (χ2n) is 7.36. The zero-order valence-corrected chi connectivity index (χ0v) is 20.7. The second kappa shape index (κ2) is 12.0. The second-order valence-corrected chi connectivity index (χ2v) is 8.55. The summed E-state index contributed by atoms with van der Waals surface area (Å²) < 4.78 is 10.5. The summed E-state index contributed by atoms with van der Waals surface area (Å²) in [6.07, 6.45) is 0.782. The maximum Gasteiger partial charge on any atom is 0.278 e. The Morgan fingerprint density at radius 1 is 1.03 bits per heavy atom. The van der Waals surface area contributed by atoms with E-state index < -0.39 is 10.8 Å². The standard InChI is InChI=1S/C24H27N5O5S/c1-5-19(22(31)25-14-11-15(33-3)13-16(12-14)34-4)35-24-27-23(32)21(28-29-24)17-9-7-8-10-18(17)26-20(30)6-2/h7-13,19H,5-6H2,1-4H3,(H,25,31)(H,26,30)(H,27,29,32)/t19-/m1/s1. The molecule has 3 rings (SSSR count). The van der Waals surface area contributed by atoms with Crippen molar-refractivity contribution in [1.82, 2.24) is 15.2 Å². The van der Waals surface area contributed by atoms with Gasteiger partial charge < -0.3 is 20.1 Å². The minimum Gasteiger partial charge on any atom is -0.497 e. The van der Waals surface area contributed by atoms with Crippen LogP contribution >= 0.6 is 11.8 Å². The number of hydrogen-bond donors (Lipinski definition) is 3. The molecule has 184 valence electrons. The zero-order chi connectivity index (χ0) is 25.4. The van der Waals surface area contributed by atoms with Crippen LogP contribution in [-0.2, 0) is 9.59 Å². The number of ether oxygens (including phenoxy) is 2. The lowest BCUT2D eigenvalue weighted by Gasteiger charge is -2.15. The molecule has 11 heteroatoms. The highest BCUT2D eigenvalue weighted by atomic mass is 32.2. The van der Waals surface area contributed by atoms with Gasteiger partial charge in [0.1, 0.15) is 11.5 Å². The smallest absolute Gasteiger partial charge is 0.278 e. The Hall–Kier alpha value is -3.86. The molecule has 0 bridgehead atoms. The number of anilines is 2. The van der Waals surface area contributed by atoms with Gasteiger partial charge in [0.25, 0.3) is 5.56 Å². The number of aromatic nitrogens is 3. The van der Waals surface area contributed by atoms with Crippen molar-refractivity contribution >= 4 is 35.0 Å². The summed E-state index contributed by atoms with van der Waals surface area (Å²) in [5.41, 5.74) is 1.04. The first-order chi connectivity index (χ1) is 16.9. The van der Waals surface area contributed by atoms with Crippen LogP contribution < -0.4 is 25.7 Å². The molecule has 0 spiro atoms. The van der Waals surface area contributed by atoms with Crippen molar-refractivity contribution in [1.29, 1.82) is 0 Å². The molecule has 0 radical (unpaired) electrons. The predicted octanol–water partition coefficient (Wildman–Crippen LogP) is 3.71. The van der Waals surface area contributed by atoms with E-state index in [1.165, 1.54) is 14.2 Å². The molecular weight excluding hydrogens is 470 g/mol. The van der Waals surface area contributed by atoms with Crippen molar-refractivity contribution < 1.29 is 19.1 Å². The van der Waals surface area contributed by atoms with E-state index in [0.29, 0.717) is 41.3 Å². The molecule has 0 aliphatic rings. The summed E-state index contributed by atoms with van der Waals surface area (Å²) in [4.78, 5) is 40.2. The molecule has 10 nitrogen and oxygen atoms in total. The predicted molar refractivity (Wildman–Crippen MR) is 135 cm³/mol. The van der Waals surface area contributed by atoms with Gasteiger partial charge in [0.2, 0.25) is 11.8 Å². The Kier molecular flexibility index (Phi) is 8.85. The van der Waals surface area contributed by atoms with Crippen LogP contribution in [0.25, 0.3) is 11.3 Å². The Balaban J connectivity index is 1.78. The lowest BCUT2D eigenvalue weighted by atomic mass is 10.1. The highest BCUT2D eigenvalue weighted by Crippen LogP contribution is 2.28. The van der Waals surface area contributed by atoms with Gasteiger partial charge in [0, 0.05) is 35.9 Å². The van der Waals surface area contributed by atoms with Crippen LogP contribution in [0.1, 0.15) is 26.7 Å². The minimum atomic E-state index is -0.542. The number of nitrogens with zero attached hydrogens (tertiary/aromatic N) is 2. The first-order valence-corrected chi connectivity index (χ1v) is 11.8. The SMILES string of the molecule is CCC(=O)Nc1ccccc1-c1nnc(S[C@H](CC)C(=O)Nc2cc(OC)cc(OC)c2)[nH]c1=O. The third kappa shape index (κ3) is 6.60. The minimum absolute atomic E-state index is 0.0716. The fourth-order valence-electron chi connectivity index (χ4n) is 3.15. The summed E-state index contributed by atoms with van der Waals surface area (Å²) in [6.45, 7) is 3.59. The van der Waals surface area contributed by atoms with Crippen LogP contribution in [-0.4, -0.2) is 46.5 Å². The van der Waals surface area contributed by atoms with E-state index >= 15 is 0 Å². The van der Waals surface area contributed by atoms with Gasteiger partial charge in [-0.25, -0.2) is 0 Å². The summed E-state index contributed by atoms with van der Waals surface area (Å²) in [7, 11) is 3.06. The van der Waals surface area contributed by atoms with Crippen LogP contribution in [0, 0.1) is 0 Å². The van der Waals surface area contributed by atoms with Crippen molar-refractivity contribution in [3.63, 3.8) is 0 Å². The molecule has 1 atom stereocenters. The molecule has 1 aromatic heterocycles. The quantitative estimate of drug-likeness (QED) is 0.361. The molecule has 0 saturated carbocycles. The fraction of sp³-hybridized carbons (Fsp3) is 0.292. The number of thioether (sulfide) groups is 1. The highest BCUT2D eigenvalue weighted by molar-refractivity contribution is 8.00. The molecule has 1 heterocycles. The first-order valence-electron chi connectivity index (χ1n) is 10.9. The van der Waals surface area contributed by atoms with Crippen LogP contribution in [0.5, 0.6) is 11.5 Å². The normalized spacial score (nSPS) is 11.4. The number of carbonyl (C=O) groups excluding carboxylic acids is 2. The van der Waals surface area contributed by atoms with Crippen LogP contribution in [0.2, 0.25) is 0 Å². The number of methoxy groups -OCH3 is 2. The Labute approximate surface area is 206 Å². The van der Waals surface area contributed by atoms with Crippen molar-refractivity contribution in [3.05, 3.63) is 52.8 Å². The fourth-order valence-corrected chi connectivity index (χ4v) is 3.99. The van der Waals surface area contributed by atoms with Gasteiger partial charge in [0.05, 0.1) is 25.2 Å². The molecular formula is C24H27N5O5S. The number of nitrogens with one attached hydrogen (secondary N) is 3. The van der Waals surface area contributed by atoms with Crippen molar-refractivity contribution in [2.24, 2.45) is 0 Å².